The normalized spacial score (nSPS) is 45.1. The molecule has 1 aliphatic carbocycles. The van der Waals surface area contributed by atoms with Crippen LogP contribution in [0.4, 0.5) is 0 Å². The van der Waals surface area contributed by atoms with Gasteiger partial charge < -0.3 is 5.11 Å². The maximum Gasteiger partial charge on any atom is 0.308 e. The lowest BCUT2D eigenvalue weighted by Gasteiger charge is -2.54. The molecule has 0 amide bonds. The highest BCUT2D eigenvalue weighted by molar-refractivity contribution is 5.71. The van der Waals surface area contributed by atoms with Gasteiger partial charge in [0.2, 0.25) is 0 Å². The zero-order valence-electron chi connectivity index (χ0n) is 9.06. The molecule has 3 aliphatic heterocycles. The van der Waals surface area contributed by atoms with Gasteiger partial charge in [0.15, 0.2) is 0 Å². The second-order valence-electron chi connectivity index (χ2n) is 5.42. The van der Waals surface area contributed by atoms with Gasteiger partial charge in [0.25, 0.3) is 0 Å². The third kappa shape index (κ3) is 1.40. The van der Waals surface area contributed by atoms with E-state index in [1.807, 2.05) is 0 Å². The maximum absolute atomic E-state index is 11.4. The second kappa shape index (κ2) is 3.48. The van der Waals surface area contributed by atoms with Crippen LogP contribution in [0.15, 0.2) is 0 Å². The summed E-state index contributed by atoms with van der Waals surface area (Å²) in [6.45, 7) is 2.30. The Balaban J connectivity index is 1.84. The van der Waals surface area contributed by atoms with Gasteiger partial charge >= 0.3 is 5.97 Å². The van der Waals surface area contributed by atoms with E-state index in [1.54, 1.807) is 0 Å². The highest BCUT2D eigenvalue weighted by Gasteiger charge is 2.49. The number of rotatable bonds is 2. The van der Waals surface area contributed by atoms with Crippen molar-refractivity contribution in [2.75, 3.05) is 13.1 Å². The number of nitrogens with zero attached hydrogens (tertiary/aromatic N) is 1. The molecule has 84 valence electrons. The summed E-state index contributed by atoms with van der Waals surface area (Å²) in [6, 6.07) is 0.378. The average Bonchev–Trinajstić information content (AvgIpc) is 2.16. The first-order valence-corrected chi connectivity index (χ1v) is 6.24. The third-order valence-corrected chi connectivity index (χ3v) is 4.79. The molecule has 15 heavy (non-hydrogen) atoms. The van der Waals surface area contributed by atoms with Crippen molar-refractivity contribution >= 4 is 5.97 Å². The van der Waals surface area contributed by atoms with Gasteiger partial charge in [-0.15, -0.1) is 0 Å². The number of fused-ring (bicyclic) bond motifs is 3. The summed E-state index contributed by atoms with van der Waals surface area (Å²) < 4.78 is 0. The fourth-order valence-electron chi connectivity index (χ4n) is 3.80. The molecule has 2 unspecified atom stereocenters. The molecular formula is C12H19NO2. The standard InChI is InChI=1S/C12H19NO2/c14-12(15)10-8-4-6-13(7-5-8)11(10)9-2-1-3-9/h8-11H,1-7H2,(H,14,15). The molecule has 2 atom stereocenters. The summed E-state index contributed by atoms with van der Waals surface area (Å²) in [5, 5.41) is 9.37. The Bertz CT molecular complexity index is 267. The number of hydrogen-bond donors (Lipinski definition) is 1. The molecule has 4 rings (SSSR count). The third-order valence-electron chi connectivity index (χ3n) is 4.79. The topological polar surface area (TPSA) is 40.5 Å². The van der Waals surface area contributed by atoms with E-state index in [9.17, 15) is 9.90 Å². The molecule has 3 nitrogen and oxygen atoms in total. The molecule has 0 radical (unpaired) electrons. The van der Waals surface area contributed by atoms with Gasteiger partial charge in [0, 0.05) is 6.04 Å². The Morgan fingerprint density at radius 3 is 2.20 bits per heavy atom. The van der Waals surface area contributed by atoms with Gasteiger partial charge in [-0.2, -0.15) is 0 Å². The van der Waals surface area contributed by atoms with E-state index in [4.69, 9.17) is 0 Å². The molecule has 3 heterocycles. The predicted molar refractivity (Wildman–Crippen MR) is 56.6 cm³/mol. The van der Waals surface area contributed by atoms with Crippen molar-refractivity contribution in [3.05, 3.63) is 0 Å². The monoisotopic (exact) mass is 209 g/mol. The van der Waals surface area contributed by atoms with E-state index >= 15 is 0 Å². The van der Waals surface area contributed by atoms with Gasteiger partial charge in [-0.1, -0.05) is 6.42 Å². The number of carboxylic acid groups (broad SMARTS) is 1. The van der Waals surface area contributed by atoms with Crippen molar-refractivity contribution in [1.82, 2.24) is 4.90 Å². The summed E-state index contributed by atoms with van der Waals surface area (Å²) in [6.07, 6.45) is 6.06. The smallest absolute Gasteiger partial charge is 0.308 e. The van der Waals surface area contributed by atoms with Crippen LogP contribution in [0.25, 0.3) is 0 Å². The first-order chi connectivity index (χ1) is 7.27. The molecule has 4 aliphatic rings. The van der Waals surface area contributed by atoms with Crippen LogP contribution in [0.5, 0.6) is 0 Å². The van der Waals surface area contributed by atoms with Crippen LogP contribution in [0.3, 0.4) is 0 Å². The second-order valence-corrected chi connectivity index (χ2v) is 5.42. The minimum absolute atomic E-state index is 0.0576. The van der Waals surface area contributed by atoms with Gasteiger partial charge in [0.05, 0.1) is 5.92 Å². The van der Waals surface area contributed by atoms with Gasteiger partial charge in [-0.25, -0.2) is 0 Å². The van der Waals surface area contributed by atoms with E-state index in [-0.39, 0.29) is 5.92 Å². The largest absolute Gasteiger partial charge is 0.481 e. The van der Waals surface area contributed by atoms with Gasteiger partial charge in [0.1, 0.15) is 0 Å². The fourth-order valence-corrected chi connectivity index (χ4v) is 3.80. The summed E-state index contributed by atoms with van der Waals surface area (Å²) in [5.41, 5.74) is 0. The maximum atomic E-state index is 11.4. The van der Waals surface area contributed by atoms with E-state index < -0.39 is 5.97 Å². The number of carboxylic acids is 1. The van der Waals surface area contributed by atoms with Crippen molar-refractivity contribution in [3.8, 4) is 0 Å². The number of hydrogen-bond acceptors (Lipinski definition) is 2. The van der Waals surface area contributed by atoms with Crippen LogP contribution >= 0.6 is 0 Å². The minimum Gasteiger partial charge on any atom is -0.481 e. The van der Waals surface area contributed by atoms with Crippen molar-refractivity contribution < 1.29 is 9.90 Å². The van der Waals surface area contributed by atoms with Crippen molar-refractivity contribution in [2.45, 2.75) is 38.1 Å². The highest BCUT2D eigenvalue weighted by atomic mass is 16.4. The summed E-state index contributed by atoms with van der Waals surface area (Å²) in [5.74, 6) is 0.561. The van der Waals surface area contributed by atoms with E-state index in [0.717, 1.165) is 25.9 Å². The van der Waals surface area contributed by atoms with Crippen LogP contribution in [0.1, 0.15) is 32.1 Å². The number of piperidine rings is 3. The fraction of sp³-hybridized carbons (Fsp3) is 0.917. The molecule has 1 saturated carbocycles. The van der Waals surface area contributed by atoms with Crippen LogP contribution in [-0.2, 0) is 4.79 Å². The zero-order valence-corrected chi connectivity index (χ0v) is 9.06. The molecule has 0 aromatic heterocycles. The average molecular weight is 209 g/mol. The van der Waals surface area contributed by atoms with Crippen LogP contribution in [-0.4, -0.2) is 35.1 Å². The molecule has 0 aromatic rings. The molecule has 1 N–H and O–H groups in total. The lowest BCUT2D eigenvalue weighted by Crippen LogP contribution is -2.60. The first kappa shape index (κ1) is 9.64. The molecular weight excluding hydrogens is 190 g/mol. The number of aliphatic carboxylic acids is 1. The van der Waals surface area contributed by atoms with Gasteiger partial charge in [-0.3, -0.25) is 9.69 Å². The van der Waals surface area contributed by atoms with Crippen molar-refractivity contribution in [2.24, 2.45) is 17.8 Å². The molecule has 3 heteroatoms. The Labute approximate surface area is 90.5 Å². The zero-order chi connectivity index (χ0) is 10.4. The van der Waals surface area contributed by atoms with Crippen molar-refractivity contribution in [1.29, 1.82) is 0 Å². The SMILES string of the molecule is O=C(O)C1C2CCN(CC2)C1C1CCC1. The molecule has 0 aromatic carbocycles. The van der Waals surface area contributed by atoms with E-state index in [1.165, 1.54) is 19.3 Å². The Morgan fingerprint density at radius 2 is 1.73 bits per heavy atom. The Hall–Kier alpha value is -0.570. The lowest BCUT2D eigenvalue weighted by atomic mass is 9.65. The van der Waals surface area contributed by atoms with Crippen LogP contribution in [0, 0.1) is 17.8 Å². The van der Waals surface area contributed by atoms with Crippen LogP contribution < -0.4 is 0 Å². The van der Waals surface area contributed by atoms with Gasteiger partial charge in [-0.05, 0) is 50.6 Å². The van der Waals surface area contributed by atoms with Crippen molar-refractivity contribution in [3.63, 3.8) is 0 Å². The molecule has 2 bridgehead atoms. The van der Waals surface area contributed by atoms with E-state index in [0.29, 0.717) is 17.9 Å². The quantitative estimate of drug-likeness (QED) is 0.750. The lowest BCUT2D eigenvalue weighted by molar-refractivity contribution is -0.157. The van der Waals surface area contributed by atoms with E-state index in [2.05, 4.69) is 4.90 Å². The molecule has 3 saturated heterocycles. The predicted octanol–water partition coefficient (Wildman–Crippen LogP) is 1.58. The summed E-state index contributed by atoms with van der Waals surface area (Å²) in [4.78, 5) is 13.8. The first-order valence-electron chi connectivity index (χ1n) is 6.24. The highest BCUT2D eigenvalue weighted by Crippen LogP contribution is 2.45. The Morgan fingerprint density at radius 1 is 1.07 bits per heavy atom. The Kier molecular flexibility index (Phi) is 2.23. The molecule has 0 spiro atoms. The summed E-state index contributed by atoms with van der Waals surface area (Å²) in [7, 11) is 0. The van der Waals surface area contributed by atoms with Crippen LogP contribution in [0.2, 0.25) is 0 Å². The minimum atomic E-state index is -0.540. The summed E-state index contributed by atoms with van der Waals surface area (Å²) >= 11 is 0. The number of carbonyl (C=O) groups is 1. The molecule has 4 fully saturated rings.